The molecule has 0 spiro atoms. The van der Waals surface area contributed by atoms with Crippen molar-refractivity contribution in [3.8, 4) is 0 Å². The molecule has 0 aliphatic heterocycles. The van der Waals surface area contributed by atoms with Crippen molar-refractivity contribution in [2.45, 2.75) is 25.9 Å². The van der Waals surface area contributed by atoms with Crippen molar-refractivity contribution >= 4 is 27.5 Å². The summed E-state index contributed by atoms with van der Waals surface area (Å²) in [4.78, 5) is 8.14. The predicted octanol–water partition coefficient (Wildman–Crippen LogP) is 3.58. The predicted molar refractivity (Wildman–Crippen MR) is 64.7 cm³/mol. The van der Waals surface area contributed by atoms with Crippen LogP contribution in [-0.4, -0.2) is 29.4 Å². The van der Waals surface area contributed by atoms with Crippen LogP contribution in [0.25, 0.3) is 0 Å². The fourth-order valence-corrected chi connectivity index (χ4v) is 1.87. The number of halogens is 5. The molecule has 0 N–H and O–H groups in total. The Kier molecular flexibility index (Phi) is 5.81. The largest absolute Gasteiger partial charge is 0.411 e. The molecule has 8 heteroatoms. The van der Waals surface area contributed by atoms with Gasteiger partial charge < -0.3 is 4.74 Å². The van der Waals surface area contributed by atoms with E-state index in [1.54, 1.807) is 0 Å². The first-order chi connectivity index (χ1) is 8.33. The molecule has 1 aromatic heterocycles. The Labute approximate surface area is 116 Å². The molecular weight excluding hydrogens is 336 g/mol. The van der Waals surface area contributed by atoms with E-state index in [1.165, 1.54) is 0 Å². The number of hydrogen-bond acceptors (Lipinski definition) is 3. The summed E-state index contributed by atoms with van der Waals surface area (Å²) in [6.07, 6.45) is -3.47. The molecule has 0 bridgehead atoms. The molecule has 0 aliphatic carbocycles. The summed E-state index contributed by atoms with van der Waals surface area (Å²) in [6.45, 7) is 0.534. The minimum atomic E-state index is -4.31. The Morgan fingerprint density at radius 1 is 1.33 bits per heavy atom. The summed E-state index contributed by atoms with van der Waals surface area (Å²) < 4.78 is 40.6. The number of ether oxygens (including phenoxy) is 1. The average Bonchev–Trinajstić information content (AvgIpc) is 2.27. The smallest absolute Gasteiger partial charge is 0.372 e. The van der Waals surface area contributed by atoms with E-state index in [0.717, 1.165) is 5.69 Å². The lowest BCUT2D eigenvalue weighted by atomic mass is 10.3. The van der Waals surface area contributed by atoms with Gasteiger partial charge in [-0.15, -0.1) is 0 Å². The van der Waals surface area contributed by atoms with Crippen LogP contribution in [0.1, 0.15) is 18.4 Å². The average molecular weight is 348 g/mol. The highest BCUT2D eigenvalue weighted by molar-refractivity contribution is 9.10. The maximum absolute atomic E-state index is 11.8. The van der Waals surface area contributed by atoms with Crippen LogP contribution >= 0.6 is 27.5 Å². The summed E-state index contributed by atoms with van der Waals surface area (Å²) >= 11 is 9.11. The first kappa shape index (κ1) is 15.7. The van der Waals surface area contributed by atoms with Gasteiger partial charge in [0.05, 0.1) is 16.8 Å². The molecule has 0 unspecified atom stereocenters. The van der Waals surface area contributed by atoms with E-state index in [9.17, 15) is 13.2 Å². The van der Waals surface area contributed by atoms with Crippen LogP contribution in [0.15, 0.2) is 4.47 Å². The second kappa shape index (κ2) is 6.68. The highest BCUT2D eigenvalue weighted by atomic mass is 79.9. The lowest BCUT2D eigenvalue weighted by Crippen LogP contribution is -2.18. The van der Waals surface area contributed by atoms with E-state index in [1.807, 2.05) is 6.92 Å². The van der Waals surface area contributed by atoms with Gasteiger partial charge in [-0.25, -0.2) is 9.97 Å². The Hall–Kier alpha value is -0.400. The summed E-state index contributed by atoms with van der Waals surface area (Å²) in [7, 11) is 0. The van der Waals surface area contributed by atoms with E-state index in [2.05, 4.69) is 30.6 Å². The maximum Gasteiger partial charge on any atom is 0.411 e. The van der Waals surface area contributed by atoms with Crippen LogP contribution in [0, 0.1) is 0 Å². The second-order valence-electron chi connectivity index (χ2n) is 3.46. The third-order valence-corrected chi connectivity index (χ3v) is 3.33. The third kappa shape index (κ3) is 5.07. The van der Waals surface area contributed by atoms with E-state index >= 15 is 0 Å². The molecule has 1 heterocycles. The zero-order valence-electron chi connectivity index (χ0n) is 9.52. The van der Waals surface area contributed by atoms with Crippen molar-refractivity contribution in [1.29, 1.82) is 0 Å². The normalized spacial score (nSPS) is 11.9. The highest BCUT2D eigenvalue weighted by Crippen LogP contribution is 2.23. The van der Waals surface area contributed by atoms with Gasteiger partial charge in [-0.1, -0.05) is 18.5 Å². The first-order valence-electron chi connectivity index (χ1n) is 5.18. The molecule has 0 saturated carbocycles. The monoisotopic (exact) mass is 346 g/mol. The zero-order chi connectivity index (χ0) is 13.8. The molecule has 0 fully saturated rings. The van der Waals surface area contributed by atoms with Gasteiger partial charge >= 0.3 is 6.18 Å². The van der Waals surface area contributed by atoms with Crippen molar-refractivity contribution in [3.63, 3.8) is 0 Å². The molecule has 0 saturated heterocycles. The number of aromatic nitrogens is 2. The van der Waals surface area contributed by atoms with Crippen molar-refractivity contribution in [2.24, 2.45) is 0 Å². The molecule has 18 heavy (non-hydrogen) atoms. The van der Waals surface area contributed by atoms with Gasteiger partial charge in [0.25, 0.3) is 0 Å². The summed E-state index contributed by atoms with van der Waals surface area (Å²) in [6, 6.07) is 0. The van der Waals surface area contributed by atoms with E-state index in [0.29, 0.717) is 16.7 Å². The van der Waals surface area contributed by atoms with Crippen LogP contribution < -0.4 is 0 Å². The molecule has 0 radical (unpaired) electrons. The lowest BCUT2D eigenvalue weighted by molar-refractivity contribution is -0.173. The van der Waals surface area contributed by atoms with Crippen LogP contribution in [0.3, 0.4) is 0 Å². The Balaban J connectivity index is 2.55. The standard InChI is InChI=1S/C10H11BrClF3N2O/c1-2-6-8(11)9(12)17-7(16-6)3-4-18-5-10(13,14)15/h2-5H2,1H3. The molecule has 0 aliphatic rings. The molecule has 3 nitrogen and oxygen atoms in total. The van der Waals surface area contributed by atoms with Gasteiger partial charge in [-0.05, 0) is 22.4 Å². The van der Waals surface area contributed by atoms with Crippen molar-refractivity contribution in [1.82, 2.24) is 9.97 Å². The van der Waals surface area contributed by atoms with Crippen LogP contribution in [0.4, 0.5) is 13.2 Å². The highest BCUT2D eigenvalue weighted by Gasteiger charge is 2.27. The molecule has 0 aromatic carbocycles. The second-order valence-corrected chi connectivity index (χ2v) is 4.61. The maximum atomic E-state index is 11.8. The Bertz CT molecular complexity index is 415. The summed E-state index contributed by atoms with van der Waals surface area (Å²) in [5, 5.41) is 0.257. The Morgan fingerprint density at radius 2 is 2.00 bits per heavy atom. The van der Waals surface area contributed by atoms with Gasteiger partial charge in [0.2, 0.25) is 0 Å². The minimum Gasteiger partial charge on any atom is -0.372 e. The number of aryl methyl sites for hydroxylation is 1. The topological polar surface area (TPSA) is 35.0 Å². The summed E-state index contributed by atoms with van der Waals surface area (Å²) in [5.41, 5.74) is 0.723. The Morgan fingerprint density at radius 3 is 2.56 bits per heavy atom. The fraction of sp³-hybridized carbons (Fsp3) is 0.600. The number of nitrogens with zero attached hydrogens (tertiary/aromatic N) is 2. The molecule has 102 valence electrons. The molecule has 1 aromatic rings. The quantitative estimate of drug-likeness (QED) is 0.603. The lowest BCUT2D eigenvalue weighted by Gasteiger charge is -2.08. The molecule has 1 rings (SSSR count). The first-order valence-corrected chi connectivity index (χ1v) is 6.36. The molecular formula is C10H11BrClF3N2O. The minimum absolute atomic E-state index is 0.0966. The molecule has 0 atom stereocenters. The number of rotatable bonds is 5. The van der Waals surface area contributed by atoms with Crippen molar-refractivity contribution in [2.75, 3.05) is 13.2 Å². The van der Waals surface area contributed by atoms with Gasteiger partial charge in [0.15, 0.2) is 0 Å². The van der Waals surface area contributed by atoms with Crippen LogP contribution in [0.2, 0.25) is 5.15 Å². The van der Waals surface area contributed by atoms with Gasteiger partial charge in [0, 0.05) is 6.42 Å². The van der Waals surface area contributed by atoms with Gasteiger partial charge in [0.1, 0.15) is 17.6 Å². The van der Waals surface area contributed by atoms with E-state index in [4.69, 9.17) is 11.6 Å². The van der Waals surface area contributed by atoms with E-state index in [-0.39, 0.29) is 18.2 Å². The zero-order valence-corrected chi connectivity index (χ0v) is 11.9. The van der Waals surface area contributed by atoms with Crippen LogP contribution in [-0.2, 0) is 17.6 Å². The molecule has 0 amide bonds. The fourth-order valence-electron chi connectivity index (χ4n) is 1.21. The van der Waals surface area contributed by atoms with Crippen LogP contribution in [0.5, 0.6) is 0 Å². The number of alkyl halides is 3. The summed E-state index contributed by atoms with van der Waals surface area (Å²) in [5.74, 6) is 0.377. The third-order valence-electron chi connectivity index (χ3n) is 2.00. The van der Waals surface area contributed by atoms with Gasteiger partial charge in [-0.2, -0.15) is 13.2 Å². The van der Waals surface area contributed by atoms with Crippen molar-refractivity contribution < 1.29 is 17.9 Å². The number of hydrogen-bond donors (Lipinski definition) is 0. The SMILES string of the molecule is CCc1nc(CCOCC(F)(F)F)nc(Cl)c1Br. The van der Waals surface area contributed by atoms with Gasteiger partial charge in [-0.3, -0.25) is 0 Å². The van der Waals surface area contributed by atoms with E-state index < -0.39 is 12.8 Å². The van der Waals surface area contributed by atoms with Crippen molar-refractivity contribution in [3.05, 3.63) is 21.1 Å².